The van der Waals surface area contributed by atoms with Crippen molar-refractivity contribution in [1.29, 1.82) is 0 Å². The Bertz CT molecular complexity index is 450. The van der Waals surface area contributed by atoms with Gasteiger partial charge in [0.05, 0.1) is 19.8 Å². The molecule has 2 aliphatic rings. The van der Waals surface area contributed by atoms with Gasteiger partial charge in [-0.05, 0) is 34.9 Å². The quantitative estimate of drug-likeness (QED) is 0.848. The summed E-state index contributed by atoms with van der Waals surface area (Å²) in [5.74, 6) is 0. The minimum Gasteiger partial charge on any atom is -0.395 e. The van der Waals surface area contributed by atoms with Crippen LogP contribution in [0, 0.1) is 5.41 Å². The first-order valence-electron chi connectivity index (χ1n) is 6.40. The maximum Gasteiger partial charge on any atom is 0.0719 e. The molecule has 0 aromatic heterocycles. The Kier molecular flexibility index (Phi) is 2.36. The molecule has 3 rings (SSSR count). The van der Waals surface area contributed by atoms with E-state index in [2.05, 4.69) is 32.0 Å². The number of hydrogen-bond acceptors (Lipinski definition) is 2. The molecule has 1 fully saturated rings. The summed E-state index contributed by atoms with van der Waals surface area (Å²) >= 11 is 0. The molecule has 0 radical (unpaired) electrons. The minimum absolute atomic E-state index is 0.000332. The zero-order valence-corrected chi connectivity index (χ0v) is 10.6. The molecular weight excluding hydrogens is 212 g/mol. The Morgan fingerprint density at radius 1 is 1.29 bits per heavy atom. The molecule has 1 atom stereocenters. The lowest BCUT2D eigenvalue weighted by Gasteiger charge is -2.22. The van der Waals surface area contributed by atoms with E-state index >= 15 is 0 Å². The molecule has 2 heteroatoms. The largest absolute Gasteiger partial charge is 0.395 e. The van der Waals surface area contributed by atoms with Crippen LogP contribution in [0.5, 0.6) is 0 Å². The van der Waals surface area contributed by atoms with E-state index in [1.807, 2.05) is 0 Å². The standard InChI is InChI=1S/C15H20O2/c1-14(2)9-15(14,10-16)13-4-3-12-8-17-6-5-11(12)7-13/h3-4,7,16H,5-6,8-10H2,1-2H3. The topological polar surface area (TPSA) is 29.5 Å². The highest BCUT2D eigenvalue weighted by Gasteiger charge is 2.61. The molecule has 0 saturated heterocycles. The summed E-state index contributed by atoms with van der Waals surface area (Å²) in [5, 5.41) is 9.72. The number of ether oxygens (including phenoxy) is 1. The highest BCUT2D eigenvalue weighted by atomic mass is 16.5. The van der Waals surface area contributed by atoms with Crippen LogP contribution in [0.4, 0.5) is 0 Å². The summed E-state index contributed by atoms with van der Waals surface area (Å²) in [5.41, 5.74) is 4.27. The molecule has 1 heterocycles. The second kappa shape index (κ2) is 3.56. The predicted molar refractivity (Wildman–Crippen MR) is 67.0 cm³/mol. The van der Waals surface area contributed by atoms with Crippen molar-refractivity contribution in [2.24, 2.45) is 5.41 Å². The summed E-state index contributed by atoms with van der Waals surface area (Å²) in [7, 11) is 0. The average molecular weight is 232 g/mol. The first-order valence-corrected chi connectivity index (χ1v) is 6.40. The van der Waals surface area contributed by atoms with E-state index in [-0.39, 0.29) is 17.4 Å². The molecule has 0 spiro atoms. The zero-order chi connectivity index (χ0) is 12.1. The molecule has 1 aromatic carbocycles. The van der Waals surface area contributed by atoms with Gasteiger partial charge in [-0.3, -0.25) is 0 Å². The van der Waals surface area contributed by atoms with Gasteiger partial charge in [-0.1, -0.05) is 32.0 Å². The van der Waals surface area contributed by atoms with Crippen molar-refractivity contribution in [3.05, 3.63) is 34.9 Å². The normalized spacial score (nSPS) is 29.8. The Morgan fingerprint density at radius 3 is 2.71 bits per heavy atom. The molecule has 0 amide bonds. The third kappa shape index (κ3) is 1.54. The van der Waals surface area contributed by atoms with E-state index in [4.69, 9.17) is 4.74 Å². The Balaban J connectivity index is 2.00. The summed E-state index contributed by atoms with van der Waals surface area (Å²) in [6.07, 6.45) is 2.09. The Morgan fingerprint density at radius 2 is 2.06 bits per heavy atom. The van der Waals surface area contributed by atoms with E-state index in [1.54, 1.807) is 0 Å². The van der Waals surface area contributed by atoms with E-state index in [1.165, 1.54) is 16.7 Å². The van der Waals surface area contributed by atoms with Crippen molar-refractivity contribution in [2.75, 3.05) is 13.2 Å². The molecule has 1 aliphatic carbocycles. The maximum absolute atomic E-state index is 9.72. The van der Waals surface area contributed by atoms with Gasteiger partial charge in [0.25, 0.3) is 0 Å². The molecule has 92 valence electrons. The number of aliphatic hydroxyl groups excluding tert-OH is 1. The van der Waals surface area contributed by atoms with Gasteiger partial charge in [-0.2, -0.15) is 0 Å². The lowest BCUT2D eigenvalue weighted by Crippen LogP contribution is -2.20. The molecule has 0 bridgehead atoms. The highest BCUT2D eigenvalue weighted by Crippen LogP contribution is 2.64. The van der Waals surface area contributed by atoms with Gasteiger partial charge in [0.15, 0.2) is 0 Å². The summed E-state index contributed by atoms with van der Waals surface area (Å²) in [6, 6.07) is 6.65. The monoisotopic (exact) mass is 232 g/mol. The number of aliphatic hydroxyl groups is 1. The summed E-state index contributed by atoms with van der Waals surface area (Å²) in [4.78, 5) is 0. The number of rotatable bonds is 2. The summed E-state index contributed by atoms with van der Waals surface area (Å²) in [6.45, 7) is 6.31. The smallest absolute Gasteiger partial charge is 0.0719 e. The minimum atomic E-state index is 0.000332. The first kappa shape index (κ1) is 11.2. The van der Waals surface area contributed by atoms with Gasteiger partial charge < -0.3 is 9.84 Å². The van der Waals surface area contributed by atoms with Gasteiger partial charge in [-0.15, -0.1) is 0 Å². The Labute approximate surface area is 103 Å². The van der Waals surface area contributed by atoms with Gasteiger partial charge in [0.1, 0.15) is 0 Å². The fourth-order valence-corrected chi connectivity index (χ4v) is 3.23. The van der Waals surface area contributed by atoms with Crippen LogP contribution in [-0.2, 0) is 23.2 Å². The van der Waals surface area contributed by atoms with Crippen molar-refractivity contribution in [3.63, 3.8) is 0 Å². The fourth-order valence-electron chi connectivity index (χ4n) is 3.23. The number of fused-ring (bicyclic) bond motifs is 1. The van der Waals surface area contributed by atoms with Crippen LogP contribution in [-0.4, -0.2) is 18.3 Å². The van der Waals surface area contributed by atoms with Crippen LogP contribution in [0.1, 0.15) is 37.0 Å². The zero-order valence-electron chi connectivity index (χ0n) is 10.6. The van der Waals surface area contributed by atoms with E-state index in [0.29, 0.717) is 0 Å². The van der Waals surface area contributed by atoms with Crippen molar-refractivity contribution >= 4 is 0 Å². The lowest BCUT2D eigenvalue weighted by atomic mass is 9.86. The molecule has 2 nitrogen and oxygen atoms in total. The number of hydrogen-bond donors (Lipinski definition) is 1. The summed E-state index contributed by atoms with van der Waals surface area (Å²) < 4.78 is 5.45. The van der Waals surface area contributed by atoms with Crippen molar-refractivity contribution in [1.82, 2.24) is 0 Å². The molecule has 17 heavy (non-hydrogen) atoms. The van der Waals surface area contributed by atoms with Crippen molar-refractivity contribution in [3.8, 4) is 0 Å². The van der Waals surface area contributed by atoms with Crippen molar-refractivity contribution in [2.45, 2.75) is 38.7 Å². The van der Waals surface area contributed by atoms with Crippen LogP contribution in [0.15, 0.2) is 18.2 Å². The van der Waals surface area contributed by atoms with Crippen molar-refractivity contribution < 1.29 is 9.84 Å². The number of benzene rings is 1. The second-order valence-corrected chi connectivity index (χ2v) is 6.09. The van der Waals surface area contributed by atoms with Crippen LogP contribution >= 0.6 is 0 Å². The average Bonchev–Trinajstić information content (AvgIpc) is 2.92. The van der Waals surface area contributed by atoms with E-state index in [9.17, 15) is 5.11 Å². The van der Waals surface area contributed by atoms with Gasteiger partial charge in [0, 0.05) is 5.41 Å². The lowest BCUT2D eigenvalue weighted by molar-refractivity contribution is 0.110. The maximum atomic E-state index is 9.72. The van der Waals surface area contributed by atoms with E-state index in [0.717, 1.165) is 26.1 Å². The molecule has 1 N–H and O–H groups in total. The first-order chi connectivity index (χ1) is 8.09. The molecule has 1 unspecified atom stereocenters. The third-order valence-electron chi connectivity index (χ3n) is 4.72. The molecule has 1 aliphatic heterocycles. The second-order valence-electron chi connectivity index (χ2n) is 6.09. The van der Waals surface area contributed by atoms with Crippen LogP contribution in [0.2, 0.25) is 0 Å². The van der Waals surface area contributed by atoms with Gasteiger partial charge in [-0.25, -0.2) is 0 Å². The van der Waals surface area contributed by atoms with Gasteiger partial charge >= 0.3 is 0 Å². The van der Waals surface area contributed by atoms with Crippen LogP contribution < -0.4 is 0 Å². The Hall–Kier alpha value is -0.860. The SMILES string of the molecule is CC1(C)CC1(CO)c1ccc2c(c1)CCOC2. The predicted octanol–water partition coefficient (Wildman–Crippen LogP) is 2.42. The third-order valence-corrected chi connectivity index (χ3v) is 4.72. The molecular formula is C15H20O2. The van der Waals surface area contributed by atoms with Crippen LogP contribution in [0.25, 0.3) is 0 Å². The van der Waals surface area contributed by atoms with Gasteiger partial charge in [0.2, 0.25) is 0 Å². The molecule has 1 saturated carbocycles. The highest BCUT2D eigenvalue weighted by molar-refractivity contribution is 5.42. The van der Waals surface area contributed by atoms with Crippen LogP contribution in [0.3, 0.4) is 0 Å². The fraction of sp³-hybridized carbons (Fsp3) is 0.600. The van der Waals surface area contributed by atoms with E-state index < -0.39 is 0 Å². The molecule has 1 aromatic rings.